The number of unbranched alkanes of at least 4 members (excludes halogenated alkanes) is 2. The molecule has 2 rings (SSSR count). The fourth-order valence-electron chi connectivity index (χ4n) is 2.40. The van der Waals surface area contributed by atoms with Crippen LogP contribution in [-0.2, 0) is 0 Å². The molecule has 0 spiro atoms. The lowest BCUT2D eigenvalue weighted by Gasteiger charge is -2.21. The molecule has 0 atom stereocenters. The Balaban J connectivity index is 2.23. The summed E-state index contributed by atoms with van der Waals surface area (Å²) in [6.45, 7) is 5.13. The molecule has 0 unspecified atom stereocenters. The number of pyridine rings is 1. The van der Waals surface area contributed by atoms with Gasteiger partial charge in [-0.1, -0.05) is 25.8 Å². The highest BCUT2D eigenvalue weighted by molar-refractivity contribution is 5.93. The van der Waals surface area contributed by atoms with Crippen molar-refractivity contribution in [2.75, 3.05) is 19.7 Å². The van der Waals surface area contributed by atoms with E-state index in [-0.39, 0.29) is 12.5 Å². The zero-order valence-electron chi connectivity index (χ0n) is 12.7. The summed E-state index contributed by atoms with van der Waals surface area (Å²) in [5.74, 6) is -0.0711. The van der Waals surface area contributed by atoms with Gasteiger partial charge in [0.25, 0.3) is 5.91 Å². The van der Waals surface area contributed by atoms with E-state index in [0.29, 0.717) is 18.8 Å². The van der Waals surface area contributed by atoms with Crippen molar-refractivity contribution in [3.63, 3.8) is 0 Å². The number of hydrogen-bond acceptors (Lipinski definition) is 3. The van der Waals surface area contributed by atoms with Crippen LogP contribution in [0.2, 0.25) is 0 Å². The van der Waals surface area contributed by atoms with Crippen molar-refractivity contribution in [2.45, 2.75) is 33.1 Å². The van der Waals surface area contributed by atoms with E-state index in [4.69, 9.17) is 0 Å². The van der Waals surface area contributed by atoms with E-state index in [1.807, 2.05) is 29.7 Å². The van der Waals surface area contributed by atoms with Crippen molar-refractivity contribution in [2.24, 2.45) is 0 Å². The molecule has 2 aromatic rings. The number of aryl methyl sites for hydroxylation is 1. The first kappa shape index (κ1) is 15.5. The molecule has 2 heterocycles. The number of hydrogen-bond donors (Lipinski definition) is 1. The van der Waals surface area contributed by atoms with Gasteiger partial charge in [-0.3, -0.25) is 9.20 Å². The molecule has 0 saturated heterocycles. The van der Waals surface area contributed by atoms with E-state index in [1.165, 1.54) is 0 Å². The maximum absolute atomic E-state index is 12.7. The van der Waals surface area contributed by atoms with Crippen molar-refractivity contribution in [1.29, 1.82) is 0 Å². The van der Waals surface area contributed by atoms with Crippen LogP contribution in [0.3, 0.4) is 0 Å². The summed E-state index contributed by atoms with van der Waals surface area (Å²) >= 11 is 0. The highest BCUT2D eigenvalue weighted by Crippen LogP contribution is 2.12. The molecule has 0 radical (unpaired) electrons. The molecule has 1 amide bonds. The first-order valence-electron chi connectivity index (χ1n) is 7.51. The predicted molar refractivity (Wildman–Crippen MR) is 82.4 cm³/mol. The summed E-state index contributed by atoms with van der Waals surface area (Å²) in [6, 6.07) is 3.88. The average Bonchev–Trinajstić information content (AvgIpc) is 2.88. The number of imidazole rings is 1. The maximum Gasteiger partial charge on any atom is 0.272 e. The molecule has 0 bridgehead atoms. The molecule has 5 heteroatoms. The summed E-state index contributed by atoms with van der Waals surface area (Å²) in [6.07, 6.45) is 6.68. The number of carbonyl (C=O) groups is 1. The smallest absolute Gasteiger partial charge is 0.272 e. The third-order valence-electron chi connectivity index (χ3n) is 3.56. The number of aliphatic hydroxyl groups excluding tert-OH is 1. The maximum atomic E-state index is 12.7. The number of nitrogens with zero attached hydrogens (tertiary/aromatic N) is 3. The highest BCUT2D eigenvalue weighted by Gasteiger charge is 2.18. The van der Waals surface area contributed by atoms with Crippen LogP contribution < -0.4 is 0 Å². The number of amides is 1. The fourth-order valence-corrected chi connectivity index (χ4v) is 2.40. The summed E-state index contributed by atoms with van der Waals surface area (Å²) in [7, 11) is 0. The van der Waals surface area contributed by atoms with Crippen LogP contribution >= 0.6 is 0 Å². The molecule has 1 N–H and O–H groups in total. The average molecular weight is 289 g/mol. The lowest BCUT2D eigenvalue weighted by Crippen LogP contribution is -2.35. The second-order valence-corrected chi connectivity index (χ2v) is 5.30. The third-order valence-corrected chi connectivity index (χ3v) is 3.56. The minimum Gasteiger partial charge on any atom is -0.395 e. The molecule has 0 aliphatic heterocycles. The van der Waals surface area contributed by atoms with E-state index in [0.717, 1.165) is 30.5 Å². The molecule has 2 aromatic heterocycles. The van der Waals surface area contributed by atoms with Gasteiger partial charge in [0.2, 0.25) is 0 Å². The van der Waals surface area contributed by atoms with Crippen molar-refractivity contribution in [3.05, 3.63) is 35.8 Å². The molecule has 0 fully saturated rings. The van der Waals surface area contributed by atoms with Crippen molar-refractivity contribution < 1.29 is 9.90 Å². The van der Waals surface area contributed by atoms with Crippen LogP contribution in [0.25, 0.3) is 5.65 Å². The Bertz CT molecular complexity index is 607. The van der Waals surface area contributed by atoms with Gasteiger partial charge in [0, 0.05) is 19.3 Å². The molecular formula is C16H23N3O2. The Labute approximate surface area is 125 Å². The highest BCUT2D eigenvalue weighted by atomic mass is 16.3. The Hall–Kier alpha value is -1.88. The van der Waals surface area contributed by atoms with Crippen LogP contribution in [0.5, 0.6) is 0 Å². The Morgan fingerprint density at radius 2 is 2.14 bits per heavy atom. The number of carbonyl (C=O) groups excluding carboxylic acids is 1. The quantitative estimate of drug-likeness (QED) is 0.795. The van der Waals surface area contributed by atoms with Crippen LogP contribution in [-0.4, -0.2) is 45.0 Å². The molecular weight excluding hydrogens is 266 g/mol. The molecule has 0 aromatic carbocycles. The molecule has 0 aliphatic rings. The van der Waals surface area contributed by atoms with E-state index < -0.39 is 0 Å². The molecule has 0 saturated carbocycles. The number of rotatable bonds is 7. The van der Waals surface area contributed by atoms with Gasteiger partial charge in [-0.15, -0.1) is 0 Å². The minimum atomic E-state index is -0.0711. The molecule has 114 valence electrons. The van der Waals surface area contributed by atoms with Crippen LogP contribution in [0.4, 0.5) is 0 Å². The van der Waals surface area contributed by atoms with Gasteiger partial charge < -0.3 is 10.0 Å². The second-order valence-electron chi connectivity index (χ2n) is 5.30. The van der Waals surface area contributed by atoms with Gasteiger partial charge in [0.1, 0.15) is 11.3 Å². The first-order chi connectivity index (χ1) is 10.2. The Kier molecular flexibility index (Phi) is 5.33. The predicted octanol–water partition coefficient (Wildman–Crippen LogP) is 2.27. The molecule has 0 aliphatic carbocycles. The first-order valence-corrected chi connectivity index (χ1v) is 7.51. The zero-order valence-corrected chi connectivity index (χ0v) is 12.7. The Morgan fingerprint density at radius 3 is 2.86 bits per heavy atom. The largest absolute Gasteiger partial charge is 0.395 e. The third kappa shape index (κ3) is 3.61. The van der Waals surface area contributed by atoms with Gasteiger partial charge in [0.05, 0.1) is 12.8 Å². The summed E-state index contributed by atoms with van der Waals surface area (Å²) in [5, 5.41) is 9.18. The van der Waals surface area contributed by atoms with E-state index in [2.05, 4.69) is 11.9 Å². The van der Waals surface area contributed by atoms with Crippen molar-refractivity contribution in [1.82, 2.24) is 14.3 Å². The van der Waals surface area contributed by atoms with E-state index in [9.17, 15) is 9.90 Å². The van der Waals surface area contributed by atoms with Crippen molar-refractivity contribution >= 4 is 11.6 Å². The van der Waals surface area contributed by atoms with Crippen molar-refractivity contribution in [3.8, 4) is 0 Å². The fraction of sp³-hybridized carbons (Fsp3) is 0.500. The Morgan fingerprint density at radius 1 is 1.33 bits per heavy atom. The van der Waals surface area contributed by atoms with Gasteiger partial charge in [-0.05, 0) is 25.0 Å². The van der Waals surface area contributed by atoms with Gasteiger partial charge >= 0.3 is 0 Å². The molecule has 21 heavy (non-hydrogen) atoms. The number of aromatic nitrogens is 2. The summed E-state index contributed by atoms with van der Waals surface area (Å²) in [5.41, 5.74) is 2.40. The van der Waals surface area contributed by atoms with Gasteiger partial charge in [0.15, 0.2) is 0 Å². The number of aliphatic hydroxyl groups is 1. The topological polar surface area (TPSA) is 57.8 Å². The lowest BCUT2D eigenvalue weighted by molar-refractivity contribution is 0.0711. The summed E-state index contributed by atoms with van der Waals surface area (Å²) < 4.78 is 1.82. The van der Waals surface area contributed by atoms with E-state index in [1.54, 1.807) is 11.1 Å². The second kappa shape index (κ2) is 7.22. The lowest BCUT2D eigenvalue weighted by atomic mass is 10.2. The molecule has 5 nitrogen and oxygen atoms in total. The SMILES string of the molecule is CCCCCN(CCO)C(=O)c1cnc2ccc(C)cn12. The van der Waals surface area contributed by atoms with Crippen LogP contribution in [0.1, 0.15) is 42.2 Å². The summed E-state index contributed by atoms with van der Waals surface area (Å²) in [4.78, 5) is 18.7. The normalized spacial score (nSPS) is 11.0. The van der Waals surface area contributed by atoms with Gasteiger partial charge in [-0.2, -0.15) is 0 Å². The minimum absolute atomic E-state index is 0.0202. The standard InChI is InChI=1S/C16H23N3O2/c1-3-4-5-8-18(9-10-20)16(21)14-11-17-15-7-6-13(2)12-19(14)15/h6-7,11-12,20H,3-5,8-10H2,1-2H3. The van der Waals surface area contributed by atoms with E-state index >= 15 is 0 Å². The monoisotopic (exact) mass is 289 g/mol. The number of fused-ring (bicyclic) bond motifs is 1. The zero-order chi connectivity index (χ0) is 15.2. The van der Waals surface area contributed by atoms with Gasteiger partial charge in [-0.25, -0.2) is 4.98 Å². The van der Waals surface area contributed by atoms with Crippen LogP contribution in [0.15, 0.2) is 24.5 Å². The van der Waals surface area contributed by atoms with Crippen LogP contribution in [0, 0.1) is 6.92 Å².